The Balaban J connectivity index is 2.69. The molecule has 1 aromatic rings. The Labute approximate surface area is 75.5 Å². The molecule has 0 unspecified atom stereocenters. The highest BCUT2D eigenvalue weighted by atomic mass is 16.5. The highest BCUT2D eigenvalue weighted by Gasteiger charge is 2.09. The fourth-order valence-electron chi connectivity index (χ4n) is 0.872. The highest BCUT2D eigenvalue weighted by Crippen LogP contribution is 2.09. The lowest BCUT2D eigenvalue weighted by molar-refractivity contribution is -0.140. The number of hydrogen-bond acceptors (Lipinski definition) is 4. The summed E-state index contributed by atoms with van der Waals surface area (Å²) in [6, 6.07) is 1.54. The van der Waals surface area contributed by atoms with Gasteiger partial charge in [0, 0.05) is 0 Å². The molecular weight excluding hydrogens is 172 g/mol. The molecule has 0 aliphatic heterocycles. The second-order valence-electron chi connectivity index (χ2n) is 2.61. The Kier molecular flexibility index (Phi) is 2.84. The largest absolute Gasteiger partial charge is 0.469 e. The van der Waals surface area contributed by atoms with E-state index in [1.165, 1.54) is 20.3 Å². The van der Waals surface area contributed by atoms with Crippen LogP contribution < -0.4 is 0 Å². The van der Waals surface area contributed by atoms with Crippen LogP contribution in [0.4, 0.5) is 0 Å². The van der Waals surface area contributed by atoms with E-state index in [1.807, 2.05) is 0 Å². The molecule has 0 radical (unpaired) electrons. The number of esters is 1. The Morgan fingerprint density at radius 2 is 2.23 bits per heavy atom. The van der Waals surface area contributed by atoms with E-state index in [-0.39, 0.29) is 18.2 Å². The minimum absolute atomic E-state index is 0.0593. The molecule has 0 aliphatic carbocycles. The van der Waals surface area contributed by atoms with Gasteiger partial charge in [0.15, 0.2) is 5.78 Å². The standard InChI is InChI=1S/C9H10O4/c1-6(10)7-3-8(13-5-7)4-9(11)12-2/h3,5H,4H2,1-2H3. The van der Waals surface area contributed by atoms with Crippen LogP contribution in [0, 0.1) is 0 Å². The summed E-state index contributed by atoms with van der Waals surface area (Å²) < 4.78 is 9.42. The molecular formula is C9H10O4. The maximum Gasteiger partial charge on any atom is 0.313 e. The summed E-state index contributed by atoms with van der Waals surface area (Å²) in [6.07, 6.45) is 1.39. The van der Waals surface area contributed by atoms with Crippen LogP contribution in [0.1, 0.15) is 23.0 Å². The van der Waals surface area contributed by atoms with Gasteiger partial charge in [-0.2, -0.15) is 0 Å². The number of furan rings is 1. The lowest BCUT2D eigenvalue weighted by atomic mass is 10.2. The van der Waals surface area contributed by atoms with Crippen molar-refractivity contribution in [1.29, 1.82) is 0 Å². The first-order valence-electron chi connectivity index (χ1n) is 3.78. The van der Waals surface area contributed by atoms with Gasteiger partial charge in [-0.15, -0.1) is 0 Å². The average Bonchev–Trinajstić information content (AvgIpc) is 2.52. The van der Waals surface area contributed by atoms with Crippen LogP contribution in [0.2, 0.25) is 0 Å². The highest BCUT2D eigenvalue weighted by molar-refractivity contribution is 5.93. The maximum atomic E-state index is 10.8. The van der Waals surface area contributed by atoms with Crippen LogP contribution >= 0.6 is 0 Å². The molecule has 0 saturated carbocycles. The summed E-state index contributed by atoms with van der Waals surface area (Å²) in [4.78, 5) is 21.6. The van der Waals surface area contributed by atoms with Gasteiger partial charge in [-0.25, -0.2) is 0 Å². The van der Waals surface area contributed by atoms with Crippen LogP contribution in [0.5, 0.6) is 0 Å². The summed E-state index contributed by atoms with van der Waals surface area (Å²) in [5, 5.41) is 0. The molecule has 0 bridgehead atoms. The van der Waals surface area contributed by atoms with Crippen LogP contribution in [0.3, 0.4) is 0 Å². The van der Waals surface area contributed by atoms with Crippen LogP contribution in [0.15, 0.2) is 16.7 Å². The number of hydrogen-bond donors (Lipinski definition) is 0. The van der Waals surface area contributed by atoms with Crippen molar-refractivity contribution in [3.8, 4) is 0 Å². The second-order valence-corrected chi connectivity index (χ2v) is 2.61. The summed E-state index contributed by atoms with van der Waals surface area (Å²) in [6.45, 7) is 1.44. The topological polar surface area (TPSA) is 56.5 Å². The molecule has 1 heterocycles. The van der Waals surface area contributed by atoms with Crippen LogP contribution in [-0.4, -0.2) is 18.9 Å². The summed E-state index contributed by atoms with van der Waals surface area (Å²) in [5.41, 5.74) is 0.471. The molecule has 4 nitrogen and oxygen atoms in total. The molecule has 0 aliphatic rings. The van der Waals surface area contributed by atoms with Crippen LogP contribution in [0.25, 0.3) is 0 Å². The first-order chi connectivity index (χ1) is 6.13. The molecule has 4 heteroatoms. The average molecular weight is 182 g/mol. The third kappa shape index (κ3) is 2.43. The Morgan fingerprint density at radius 1 is 1.54 bits per heavy atom. The van der Waals surface area contributed by atoms with E-state index in [1.54, 1.807) is 6.07 Å². The minimum Gasteiger partial charge on any atom is -0.469 e. The second kappa shape index (κ2) is 3.89. The van der Waals surface area contributed by atoms with Gasteiger partial charge in [0.25, 0.3) is 0 Å². The van der Waals surface area contributed by atoms with Gasteiger partial charge < -0.3 is 9.15 Å². The molecule has 70 valence electrons. The fraction of sp³-hybridized carbons (Fsp3) is 0.333. The molecule has 1 rings (SSSR count). The normalized spacial score (nSPS) is 9.69. The van der Waals surface area contributed by atoms with Gasteiger partial charge in [-0.3, -0.25) is 9.59 Å². The number of methoxy groups -OCH3 is 1. The molecule has 0 fully saturated rings. The third-order valence-electron chi connectivity index (χ3n) is 1.61. The maximum absolute atomic E-state index is 10.8. The number of carbonyl (C=O) groups excluding carboxylic acids is 2. The molecule has 0 saturated heterocycles. The van der Waals surface area contributed by atoms with E-state index in [2.05, 4.69) is 4.74 Å². The Bertz CT molecular complexity index is 324. The van der Waals surface area contributed by atoms with E-state index >= 15 is 0 Å². The van der Waals surface area contributed by atoms with Crippen molar-refractivity contribution >= 4 is 11.8 Å². The fourth-order valence-corrected chi connectivity index (χ4v) is 0.872. The van der Waals surface area contributed by atoms with Crippen molar-refractivity contribution in [2.75, 3.05) is 7.11 Å². The van der Waals surface area contributed by atoms with E-state index in [0.29, 0.717) is 11.3 Å². The molecule has 0 amide bonds. The lowest BCUT2D eigenvalue weighted by Gasteiger charge is -1.93. The molecule has 0 spiro atoms. The molecule has 0 aromatic carbocycles. The van der Waals surface area contributed by atoms with E-state index in [4.69, 9.17) is 4.42 Å². The smallest absolute Gasteiger partial charge is 0.313 e. The Morgan fingerprint density at radius 3 is 2.69 bits per heavy atom. The number of ether oxygens (including phenoxy) is 1. The number of rotatable bonds is 3. The monoisotopic (exact) mass is 182 g/mol. The van der Waals surface area contributed by atoms with Gasteiger partial charge in [0.1, 0.15) is 18.4 Å². The number of ketones is 1. The first kappa shape index (κ1) is 9.51. The van der Waals surface area contributed by atoms with Gasteiger partial charge >= 0.3 is 5.97 Å². The number of carbonyl (C=O) groups is 2. The van der Waals surface area contributed by atoms with E-state index in [9.17, 15) is 9.59 Å². The van der Waals surface area contributed by atoms with E-state index in [0.717, 1.165) is 0 Å². The quantitative estimate of drug-likeness (QED) is 0.520. The van der Waals surface area contributed by atoms with Crippen molar-refractivity contribution in [3.05, 3.63) is 23.7 Å². The lowest BCUT2D eigenvalue weighted by Crippen LogP contribution is -2.03. The van der Waals surface area contributed by atoms with Crippen molar-refractivity contribution in [2.45, 2.75) is 13.3 Å². The predicted molar refractivity (Wildman–Crippen MR) is 44.4 cm³/mol. The van der Waals surface area contributed by atoms with E-state index < -0.39 is 0 Å². The molecule has 0 atom stereocenters. The molecule has 13 heavy (non-hydrogen) atoms. The van der Waals surface area contributed by atoms with Gasteiger partial charge in [0.05, 0.1) is 12.7 Å². The zero-order chi connectivity index (χ0) is 9.84. The SMILES string of the molecule is COC(=O)Cc1cc(C(C)=O)co1. The van der Waals surface area contributed by atoms with Crippen molar-refractivity contribution < 1.29 is 18.7 Å². The van der Waals surface area contributed by atoms with Crippen LogP contribution in [-0.2, 0) is 16.0 Å². The zero-order valence-electron chi connectivity index (χ0n) is 7.49. The van der Waals surface area contributed by atoms with Crippen molar-refractivity contribution in [3.63, 3.8) is 0 Å². The third-order valence-corrected chi connectivity index (χ3v) is 1.61. The predicted octanol–water partition coefficient (Wildman–Crippen LogP) is 1.20. The Hall–Kier alpha value is -1.58. The molecule has 0 N–H and O–H groups in total. The summed E-state index contributed by atoms with van der Waals surface area (Å²) >= 11 is 0. The zero-order valence-corrected chi connectivity index (χ0v) is 7.49. The minimum atomic E-state index is -0.385. The summed E-state index contributed by atoms with van der Waals surface area (Å²) in [7, 11) is 1.30. The first-order valence-corrected chi connectivity index (χ1v) is 3.78. The molecule has 1 aromatic heterocycles. The van der Waals surface area contributed by atoms with Crippen molar-refractivity contribution in [1.82, 2.24) is 0 Å². The van der Waals surface area contributed by atoms with Gasteiger partial charge in [-0.05, 0) is 13.0 Å². The van der Waals surface area contributed by atoms with Gasteiger partial charge in [0.2, 0.25) is 0 Å². The summed E-state index contributed by atoms with van der Waals surface area (Å²) in [5.74, 6) is -0.0265. The van der Waals surface area contributed by atoms with Crippen molar-refractivity contribution in [2.24, 2.45) is 0 Å². The van der Waals surface area contributed by atoms with Gasteiger partial charge in [-0.1, -0.05) is 0 Å². The number of Topliss-reactive ketones (excluding diaryl/α,β-unsaturated/α-hetero) is 1.